The third-order valence-electron chi connectivity index (χ3n) is 6.85. The van der Waals surface area contributed by atoms with E-state index in [1.807, 2.05) is 13.8 Å². The van der Waals surface area contributed by atoms with Crippen molar-refractivity contribution in [2.24, 2.45) is 5.41 Å². The maximum absolute atomic E-state index is 6.50. The lowest BCUT2D eigenvalue weighted by atomic mass is 9.54. The van der Waals surface area contributed by atoms with Crippen LogP contribution in [0.1, 0.15) is 41.5 Å². The monoisotopic (exact) mass is 397 g/mol. The van der Waals surface area contributed by atoms with Crippen LogP contribution in [0.2, 0.25) is 6.32 Å². The van der Waals surface area contributed by atoms with Gasteiger partial charge in [0, 0.05) is 16.5 Å². The Hall–Kier alpha value is -2.52. The highest BCUT2D eigenvalue weighted by atomic mass is 16.5. The van der Waals surface area contributed by atoms with E-state index >= 15 is 0 Å². The highest BCUT2D eigenvalue weighted by molar-refractivity contribution is 6.68. The Kier molecular flexibility index (Phi) is 5.28. The van der Waals surface area contributed by atoms with E-state index in [-0.39, 0.29) is 17.9 Å². The van der Waals surface area contributed by atoms with Crippen molar-refractivity contribution in [2.75, 3.05) is 0 Å². The van der Waals surface area contributed by atoms with Crippen LogP contribution in [0.15, 0.2) is 72.8 Å². The van der Waals surface area contributed by atoms with Crippen LogP contribution in [-0.4, -0.2) is 17.1 Å². The molecule has 0 unspecified atom stereocenters. The van der Waals surface area contributed by atoms with Gasteiger partial charge >= 0.3 is 6.92 Å². The summed E-state index contributed by atoms with van der Waals surface area (Å²) in [6.07, 6.45) is 1.04. The van der Waals surface area contributed by atoms with E-state index in [2.05, 4.69) is 105 Å². The van der Waals surface area contributed by atoms with Crippen molar-refractivity contribution in [3.8, 4) is 5.69 Å². The molecule has 30 heavy (non-hydrogen) atoms. The van der Waals surface area contributed by atoms with Gasteiger partial charge in [0.1, 0.15) is 0 Å². The fourth-order valence-electron chi connectivity index (χ4n) is 4.50. The maximum atomic E-state index is 6.50. The van der Waals surface area contributed by atoms with Crippen molar-refractivity contribution in [2.45, 2.75) is 53.5 Å². The van der Waals surface area contributed by atoms with E-state index in [9.17, 15) is 0 Å². The molecule has 0 radical (unpaired) electrons. The maximum Gasteiger partial charge on any atom is 0.327 e. The van der Waals surface area contributed by atoms with Crippen molar-refractivity contribution in [3.63, 3.8) is 0 Å². The molecule has 0 saturated carbocycles. The van der Waals surface area contributed by atoms with Crippen LogP contribution < -0.4 is 5.46 Å². The number of aromatic nitrogens is 1. The van der Waals surface area contributed by atoms with E-state index in [0.29, 0.717) is 0 Å². The summed E-state index contributed by atoms with van der Waals surface area (Å²) in [5.74, 6) is 0. The summed E-state index contributed by atoms with van der Waals surface area (Å²) in [4.78, 5) is 0. The first-order chi connectivity index (χ1) is 14.4. The zero-order valence-electron chi connectivity index (χ0n) is 19.1. The number of rotatable bonds is 2. The number of para-hydroxylation sites is 2. The number of benzene rings is 3. The van der Waals surface area contributed by atoms with Crippen molar-refractivity contribution in [1.29, 1.82) is 0 Å². The molecule has 1 aliphatic rings. The van der Waals surface area contributed by atoms with Gasteiger partial charge in [-0.15, -0.1) is 0 Å². The summed E-state index contributed by atoms with van der Waals surface area (Å²) >= 11 is 0. The third-order valence-corrected chi connectivity index (χ3v) is 6.85. The first kappa shape index (κ1) is 20.7. The Balaban J connectivity index is 0.00000106. The minimum absolute atomic E-state index is 0.120. The number of hydrogen-bond donors (Lipinski definition) is 0. The number of hydrogen-bond acceptors (Lipinski definition) is 1. The molecule has 1 saturated heterocycles. The van der Waals surface area contributed by atoms with Crippen molar-refractivity contribution >= 4 is 34.2 Å². The molecule has 3 aromatic carbocycles. The van der Waals surface area contributed by atoms with Crippen LogP contribution in [0.25, 0.3) is 27.5 Å². The van der Waals surface area contributed by atoms with Crippen LogP contribution in [-0.2, 0) is 4.65 Å². The Morgan fingerprint density at radius 3 is 2.07 bits per heavy atom. The molecule has 2 nitrogen and oxygen atoms in total. The highest BCUT2D eigenvalue weighted by Gasteiger charge is 2.49. The minimum atomic E-state index is -0.120. The van der Waals surface area contributed by atoms with Gasteiger partial charge in [-0.05, 0) is 55.3 Å². The van der Waals surface area contributed by atoms with Crippen molar-refractivity contribution in [1.82, 2.24) is 4.57 Å². The molecular weight excluding hydrogens is 365 g/mol. The predicted molar refractivity (Wildman–Crippen MR) is 131 cm³/mol. The molecule has 0 spiro atoms. The Morgan fingerprint density at radius 1 is 0.767 bits per heavy atom. The molecule has 154 valence electrons. The topological polar surface area (TPSA) is 14.2 Å². The quantitative estimate of drug-likeness (QED) is 0.338. The molecule has 0 amide bonds. The van der Waals surface area contributed by atoms with E-state index < -0.39 is 0 Å². The van der Waals surface area contributed by atoms with E-state index in [4.69, 9.17) is 4.65 Å². The molecule has 5 rings (SSSR count). The van der Waals surface area contributed by atoms with E-state index in [0.717, 1.165) is 6.32 Å². The average molecular weight is 397 g/mol. The fourth-order valence-corrected chi connectivity index (χ4v) is 4.50. The molecule has 3 heteroatoms. The van der Waals surface area contributed by atoms with Crippen molar-refractivity contribution < 1.29 is 4.65 Å². The number of nitrogens with zero attached hydrogens (tertiary/aromatic N) is 1. The van der Waals surface area contributed by atoms with Crippen LogP contribution in [0.3, 0.4) is 0 Å². The predicted octanol–water partition coefficient (Wildman–Crippen LogP) is 6.84. The minimum Gasteiger partial charge on any atom is -0.426 e. The van der Waals surface area contributed by atoms with Crippen LogP contribution in [0.5, 0.6) is 0 Å². The van der Waals surface area contributed by atoms with Crippen LogP contribution in [0, 0.1) is 5.41 Å². The summed E-state index contributed by atoms with van der Waals surface area (Å²) in [7, 11) is 0. The van der Waals surface area contributed by atoms with Gasteiger partial charge in [-0.25, -0.2) is 0 Å². The smallest absolute Gasteiger partial charge is 0.327 e. The molecule has 0 N–H and O–H groups in total. The van der Waals surface area contributed by atoms with Gasteiger partial charge in [0.15, 0.2) is 0 Å². The summed E-state index contributed by atoms with van der Waals surface area (Å²) in [6.45, 7) is 13.2. The molecule has 1 fully saturated rings. The zero-order valence-corrected chi connectivity index (χ0v) is 19.1. The van der Waals surface area contributed by atoms with Gasteiger partial charge in [-0.3, -0.25) is 0 Å². The van der Waals surface area contributed by atoms with Crippen molar-refractivity contribution in [3.05, 3.63) is 72.8 Å². The van der Waals surface area contributed by atoms with Gasteiger partial charge in [0.05, 0.1) is 16.6 Å². The van der Waals surface area contributed by atoms with Gasteiger partial charge in [-0.1, -0.05) is 76.2 Å². The first-order valence-electron chi connectivity index (χ1n) is 11.1. The van der Waals surface area contributed by atoms with Gasteiger partial charge in [-0.2, -0.15) is 0 Å². The lowest BCUT2D eigenvalue weighted by molar-refractivity contribution is 0.0375. The van der Waals surface area contributed by atoms with E-state index in [1.54, 1.807) is 0 Å². The van der Waals surface area contributed by atoms with Crippen LogP contribution >= 0.6 is 0 Å². The normalized spacial score (nSPS) is 17.2. The Morgan fingerprint density at radius 2 is 1.40 bits per heavy atom. The Labute approximate surface area is 181 Å². The van der Waals surface area contributed by atoms with E-state index in [1.165, 1.54) is 33.0 Å². The summed E-state index contributed by atoms with van der Waals surface area (Å²) < 4.78 is 8.85. The SMILES string of the molecule is CC.CC1(C)CB(c2ccc3c(c2)c2ccccc2n3-c2ccccc2)OC1(C)C. The molecular formula is C27H32BNO. The molecule has 0 aliphatic carbocycles. The lowest BCUT2D eigenvalue weighted by Gasteiger charge is -2.34. The molecule has 1 aromatic heterocycles. The second-order valence-electron chi connectivity index (χ2n) is 9.17. The average Bonchev–Trinajstić information content (AvgIpc) is 3.19. The fraction of sp³-hybridized carbons (Fsp3) is 0.333. The van der Waals surface area contributed by atoms with Gasteiger partial charge in [0.2, 0.25) is 0 Å². The highest BCUT2D eigenvalue weighted by Crippen LogP contribution is 2.45. The molecule has 0 atom stereocenters. The second kappa shape index (κ2) is 7.63. The molecule has 2 heterocycles. The lowest BCUT2D eigenvalue weighted by Crippen LogP contribution is -2.36. The van der Waals surface area contributed by atoms with Gasteiger partial charge in [0.25, 0.3) is 0 Å². The standard InChI is InChI=1S/C25H26BNO.C2H6/c1-24(2)17-26(28-25(24,3)4)18-14-15-23-21(16-18)20-12-8-9-13-22(20)27(23)19-10-6-5-7-11-19;1-2/h5-16H,17H2,1-4H3;1-2H3. The summed E-state index contributed by atoms with van der Waals surface area (Å²) in [5, 5.41) is 2.59. The zero-order chi connectivity index (χ0) is 21.5. The number of fused-ring (bicyclic) bond motifs is 3. The molecule has 0 bridgehead atoms. The van der Waals surface area contributed by atoms with Crippen LogP contribution in [0.4, 0.5) is 0 Å². The molecule has 1 aliphatic heterocycles. The summed E-state index contributed by atoms with van der Waals surface area (Å²) in [5.41, 5.74) is 5.00. The molecule has 4 aromatic rings. The second-order valence-corrected chi connectivity index (χ2v) is 9.17. The first-order valence-corrected chi connectivity index (χ1v) is 11.1. The largest absolute Gasteiger partial charge is 0.426 e. The third kappa shape index (κ3) is 3.26. The van der Waals surface area contributed by atoms with Gasteiger partial charge < -0.3 is 9.22 Å². The summed E-state index contributed by atoms with van der Waals surface area (Å²) in [6, 6.07) is 26.1. The Bertz CT molecular complexity index is 1160.